The molecule has 0 saturated carbocycles. The Kier molecular flexibility index (Phi) is 8.30. The molecule has 0 aliphatic heterocycles. The van der Waals surface area contributed by atoms with E-state index in [1.165, 1.54) is 5.82 Å². The van der Waals surface area contributed by atoms with Crippen molar-refractivity contribution in [2.24, 2.45) is 0 Å². The quantitative estimate of drug-likeness (QED) is 0.342. The zero-order valence-corrected chi connectivity index (χ0v) is 10.1. The van der Waals surface area contributed by atoms with Crippen molar-refractivity contribution in [1.82, 2.24) is 0 Å². The van der Waals surface area contributed by atoms with Crippen molar-refractivity contribution in [3.05, 3.63) is 37.2 Å². The Morgan fingerprint density at radius 3 is 1.93 bits per heavy atom. The van der Waals surface area contributed by atoms with Gasteiger partial charge in [0.15, 0.2) is 0 Å². The Hall–Kier alpha value is -0.630. The van der Waals surface area contributed by atoms with Crippen LogP contribution >= 0.6 is 7.60 Å². The van der Waals surface area contributed by atoms with E-state index < -0.39 is 7.60 Å². The molecule has 0 aliphatic rings. The number of rotatable bonds is 9. The molecule has 0 radical (unpaired) electrons. The van der Waals surface area contributed by atoms with Gasteiger partial charge in [-0.3, -0.25) is 4.57 Å². The van der Waals surface area contributed by atoms with Gasteiger partial charge in [-0.05, 0) is 19.8 Å². The second-order valence-corrected chi connectivity index (χ2v) is 4.74. The topological polar surface area (TPSA) is 35.5 Å². The Labute approximate surface area is 92.0 Å². The van der Waals surface area contributed by atoms with Crippen molar-refractivity contribution < 1.29 is 13.6 Å². The molecule has 0 aliphatic carbocycles. The van der Waals surface area contributed by atoms with Crippen LogP contribution in [-0.4, -0.2) is 13.2 Å². The van der Waals surface area contributed by atoms with Gasteiger partial charge in [-0.15, -0.1) is 13.2 Å². The van der Waals surface area contributed by atoms with Crippen LogP contribution in [0.4, 0.5) is 0 Å². The van der Waals surface area contributed by atoms with E-state index in [1.807, 2.05) is 0 Å². The van der Waals surface area contributed by atoms with Crippen LogP contribution in [0.5, 0.6) is 0 Å². The highest BCUT2D eigenvalue weighted by molar-refractivity contribution is 7.57. The van der Waals surface area contributed by atoms with Crippen LogP contribution in [0.3, 0.4) is 0 Å². The lowest BCUT2D eigenvalue weighted by atomic mass is 10.5. The zero-order chi connectivity index (χ0) is 11.6. The highest BCUT2D eigenvalue weighted by Gasteiger charge is 2.19. The average molecular weight is 230 g/mol. The van der Waals surface area contributed by atoms with Gasteiger partial charge in [0.2, 0.25) is 0 Å². The summed E-state index contributed by atoms with van der Waals surface area (Å²) in [6.07, 6.45) is 6.41. The molecule has 0 aromatic carbocycles. The Morgan fingerprint density at radius 1 is 1.13 bits per heavy atom. The molecular weight excluding hydrogens is 211 g/mol. The van der Waals surface area contributed by atoms with E-state index in [9.17, 15) is 4.57 Å². The first kappa shape index (κ1) is 14.4. The summed E-state index contributed by atoms with van der Waals surface area (Å²) in [7, 11) is -3.05. The first-order chi connectivity index (χ1) is 7.18. The normalized spacial score (nSPS) is 11.8. The molecule has 0 saturated heterocycles. The smallest absolute Gasteiger partial charge is 0.305 e. The largest absolute Gasteiger partial charge is 0.353 e. The van der Waals surface area contributed by atoms with Crippen LogP contribution in [-0.2, 0) is 13.6 Å². The van der Waals surface area contributed by atoms with E-state index in [0.717, 1.165) is 0 Å². The third kappa shape index (κ3) is 7.32. The van der Waals surface area contributed by atoms with Crippen LogP contribution < -0.4 is 0 Å². The van der Waals surface area contributed by atoms with Crippen molar-refractivity contribution in [2.45, 2.75) is 19.8 Å². The first-order valence-corrected chi connectivity index (χ1v) is 6.54. The standard InChI is InChI=1S/C11H19O3P/c1-4-7-9-13-15(12,11-6-3)14-10-8-5-2/h4-6,11H,1-2,7-10H2,3H3. The van der Waals surface area contributed by atoms with Crippen molar-refractivity contribution in [1.29, 1.82) is 0 Å². The summed E-state index contributed by atoms with van der Waals surface area (Å²) in [5, 5.41) is 0. The minimum Gasteiger partial charge on any atom is -0.305 e. The van der Waals surface area contributed by atoms with Gasteiger partial charge in [0.1, 0.15) is 0 Å². The molecule has 15 heavy (non-hydrogen) atoms. The van der Waals surface area contributed by atoms with E-state index in [0.29, 0.717) is 26.1 Å². The second kappa shape index (κ2) is 8.66. The molecule has 0 fully saturated rings. The monoisotopic (exact) mass is 230 g/mol. The van der Waals surface area contributed by atoms with E-state index in [4.69, 9.17) is 9.05 Å². The van der Waals surface area contributed by atoms with Crippen molar-refractivity contribution >= 4 is 7.60 Å². The van der Waals surface area contributed by atoms with Gasteiger partial charge in [0.25, 0.3) is 0 Å². The molecule has 0 aromatic heterocycles. The SMILES string of the molecule is C=CCCOP(=O)(C=CC)OCCC=C. The zero-order valence-electron chi connectivity index (χ0n) is 9.22. The maximum atomic E-state index is 12.0. The predicted octanol–water partition coefficient (Wildman–Crippen LogP) is 3.90. The summed E-state index contributed by atoms with van der Waals surface area (Å²) < 4.78 is 22.4. The summed E-state index contributed by atoms with van der Waals surface area (Å²) in [6, 6.07) is 0. The van der Waals surface area contributed by atoms with E-state index >= 15 is 0 Å². The van der Waals surface area contributed by atoms with Crippen molar-refractivity contribution in [3.63, 3.8) is 0 Å². The van der Waals surface area contributed by atoms with E-state index in [2.05, 4.69) is 13.2 Å². The van der Waals surface area contributed by atoms with Gasteiger partial charge in [-0.2, -0.15) is 0 Å². The minimum atomic E-state index is -3.05. The van der Waals surface area contributed by atoms with Gasteiger partial charge in [-0.25, -0.2) is 0 Å². The minimum absolute atomic E-state index is 0.360. The number of hydrogen-bond donors (Lipinski definition) is 0. The third-order valence-corrected chi connectivity index (χ3v) is 3.27. The van der Waals surface area contributed by atoms with Crippen molar-refractivity contribution in [2.75, 3.05) is 13.2 Å². The molecule has 0 unspecified atom stereocenters. The summed E-state index contributed by atoms with van der Waals surface area (Å²) in [5.41, 5.74) is 0. The van der Waals surface area contributed by atoms with Crippen LogP contribution in [0, 0.1) is 0 Å². The predicted molar refractivity (Wildman–Crippen MR) is 64.0 cm³/mol. The molecule has 0 N–H and O–H groups in total. The summed E-state index contributed by atoms with van der Waals surface area (Å²) in [5.74, 6) is 1.47. The first-order valence-electron chi connectivity index (χ1n) is 4.93. The Morgan fingerprint density at radius 2 is 1.60 bits per heavy atom. The van der Waals surface area contributed by atoms with Crippen LogP contribution in [0.25, 0.3) is 0 Å². The fraction of sp³-hybridized carbons (Fsp3) is 0.455. The van der Waals surface area contributed by atoms with E-state index in [1.54, 1.807) is 25.2 Å². The van der Waals surface area contributed by atoms with Crippen LogP contribution in [0.15, 0.2) is 37.2 Å². The Balaban J connectivity index is 4.12. The lowest BCUT2D eigenvalue weighted by Crippen LogP contribution is -1.96. The molecule has 0 bridgehead atoms. The maximum absolute atomic E-state index is 12.0. The molecule has 86 valence electrons. The van der Waals surface area contributed by atoms with E-state index in [-0.39, 0.29) is 0 Å². The lowest BCUT2D eigenvalue weighted by molar-refractivity contribution is 0.218. The summed E-state index contributed by atoms with van der Waals surface area (Å²) in [4.78, 5) is 0. The van der Waals surface area contributed by atoms with Gasteiger partial charge >= 0.3 is 7.60 Å². The number of allylic oxidation sites excluding steroid dienone is 1. The highest BCUT2D eigenvalue weighted by atomic mass is 31.2. The Bertz CT molecular complexity index is 241. The fourth-order valence-electron chi connectivity index (χ4n) is 0.832. The molecule has 0 amide bonds. The summed E-state index contributed by atoms with van der Waals surface area (Å²) in [6.45, 7) is 9.62. The second-order valence-electron chi connectivity index (χ2n) is 2.84. The molecule has 0 rings (SSSR count). The molecule has 0 spiro atoms. The van der Waals surface area contributed by atoms with Crippen molar-refractivity contribution in [3.8, 4) is 0 Å². The lowest BCUT2D eigenvalue weighted by Gasteiger charge is -2.13. The fourth-order valence-corrected chi connectivity index (χ4v) is 2.16. The van der Waals surface area contributed by atoms with Crippen LogP contribution in [0.1, 0.15) is 19.8 Å². The molecule has 3 nitrogen and oxygen atoms in total. The number of hydrogen-bond acceptors (Lipinski definition) is 3. The van der Waals surface area contributed by atoms with Gasteiger partial charge in [0.05, 0.1) is 13.2 Å². The maximum Gasteiger partial charge on any atom is 0.353 e. The van der Waals surface area contributed by atoms with Gasteiger partial charge in [0, 0.05) is 5.82 Å². The molecule has 0 atom stereocenters. The summed E-state index contributed by atoms with van der Waals surface area (Å²) >= 11 is 0. The molecule has 4 heteroatoms. The molecule has 0 aromatic rings. The molecular formula is C11H19O3P. The average Bonchev–Trinajstić information content (AvgIpc) is 2.19. The van der Waals surface area contributed by atoms with Gasteiger partial charge in [-0.1, -0.05) is 18.2 Å². The highest BCUT2D eigenvalue weighted by Crippen LogP contribution is 2.49. The molecule has 0 heterocycles. The van der Waals surface area contributed by atoms with Gasteiger partial charge < -0.3 is 9.05 Å². The van der Waals surface area contributed by atoms with Crippen LogP contribution in [0.2, 0.25) is 0 Å². The third-order valence-electron chi connectivity index (χ3n) is 1.52.